The highest BCUT2D eigenvalue weighted by Gasteiger charge is 2.63. The summed E-state index contributed by atoms with van der Waals surface area (Å²) in [5.74, 6) is 0. The number of aryl methyl sites for hydroxylation is 1. The standard InChI is InChI=1S/C27H30FNO6S2/c1-26(2,3)35-25(30)29-24(20-19-21-13-7-4-8-14-21)27(28,36(31,32)22-15-9-5-10-16-22)37(33,34)23-17-11-6-12-18-23/h4-18,24H,19-20H2,1-3H3,(H,29,30)/t24-/m0/s1. The Balaban J connectivity index is 2.22. The molecule has 0 heterocycles. The highest BCUT2D eigenvalue weighted by Crippen LogP contribution is 2.41. The first-order valence-corrected chi connectivity index (χ1v) is 14.6. The lowest BCUT2D eigenvalue weighted by molar-refractivity contribution is 0.0478. The number of hydrogen-bond acceptors (Lipinski definition) is 6. The van der Waals surface area contributed by atoms with Crippen LogP contribution < -0.4 is 5.32 Å². The van der Waals surface area contributed by atoms with Gasteiger partial charge in [0.05, 0.1) is 15.8 Å². The Morgan fingerprint density at radius 1 is 0.784 bits per heavy atom. The zero-order chi connectivity index (χ0) is 27.3. The van der Waals surface area contributed by atoms with E-state index in [1.807, 2.05) is 0 Å². The summed E-state index contributed by atoms with van der Waals surface area (Å²) < 4.78 is 74.1. The Kier molecular flexibility index (Phi) is 8.44. The van der Waals surface area contributed by atoms with E-state index >= 15 is 4.39 Å². The van der Waals surface area contributed by atoms with E-state index in [1.54, 1.807) is 51.1 Å². The molecule has 3 aromatic carbocycles. The second kappa shape index (κ2) is 11.0. The van der Waals surface area contributed by atoms with Crippen molar-refractivity contribution < 1.29 is 30.8 Å². The normalized spacial score (nSPS) is 13.5. The van der Waals surface area contributed by atoms with Crippen molar-refractivity contribution in [2.24, 2.45) is 0 Å². The van der Waals surface area contributed by atoms with Crippen LogP contribution in [0.3, 0.4) is 0 Å². The molecule has 0 aliphatic carbocycles. The predicted molar refractivity (Wildman–Crippen MR) is 139 cm³/mol. The number of ether oxygens (including phenoxy) is 1. The van der Waals surface area contributed by atoms with Gasteiger partial charge in [0.2, 0.25) is 19.7 Å². The molecule has 0 radical (unpaired) electrons. The molecule has 0 unspecified atom stereocenters. The minimum Gasteiger partial charge on any atom is -0.444 e. The molecule has 0 aromatic heterocycles. The molecule has 198 valence electrons. The number of sulfone groups is 2. The van der Waals surface area contributed by atoms with Crippen LogP contribution in [-0.4, -0.2) is 38.9 Å². The van der Waals surface area contributed by atoms with Crippen LogP contribution in [0.1, 0.15) is 32.8 Å². The number of benzene rings is 3. The minimum absolute atomic E-state index is 0.0849. The Bertz CT molecular complexity index is 1340. The average molecular weight is 548 g/mol. The van der Waals surface area contributed by atoms with Gasteiger partial charge in [0, 0.05) is 0 Å². The summed E-state index contributed by atoms with van der Waals surface area (Å²) in [7, 11) is -10.4. The largest absolute Gasteiger partial charge is 0.444 e. The molecule has 1 amide bonds. The lowest BCUT2D eigenvalue weighted by atomic mass is 10.1. The fraction of sp³-hybridized carbons (Fsp3) is 0.296. The monoisotopic (exact) mass is 547 g/mol. The third-order valence-corrected chi connectivity index (χ3v) is 10.6. The number of amides is 1. The van der Waals surface area contributed by atoms with Gasteiger partial charge in [-0.1, -0.05) is 66.7 Å². The fourth-order valence-electron chi connectivity index (χ4n) is 3.78. The second-order valence-electron chi connectivity index (χ2n) is 9.44. The van der Waals surface area contributed by atoms with Gasteiger partial charge in [-0.3, -0.25) is 0 Å². The third kappa shape index (κ3) is 6.19. The van der Waals surface area contributed by atoms with Gasteiger partial charge in [0.15, 0.2) is 0 Å². The summed E-state index contributed by atoms with van der Waals surface area (Å²) >= 11 is 0. The van der Waals surface area contributed by atoms with Crippen LogP contribution in [0, 0.1) is 0 Å². The number of hydrogen-bond donors (Lipinski definition) is 1. The van der Waals surface area contributed by atoms with Crippen LogP contribution in [-0.2, 0) is 30.8 Å². The molecule has 1 atom stereocenters. The Morgan fingerprint density at radius 2 is 1.19 bits per heavy atom. The van der Waals surface area contributed by atoms with E-state index in [4.69, 9.17) is 4.74 Å². The number of alkyl carbamates (subject to hydrolysis) is 1. The quantitative estimate of drug-likeness (QED) is 0.400. The zero-order valence-electron chi connectivity index (χ0n) is 20.8. The van der Waals surface area contributed by atoms with Gasteiger partial charge in [0.1, 0.15) is 5.60 Å². The number of alkyl halides is 1. The summed E-state index contributed by atoms with van der Waals surface area (Å²) in [6.45, 7) is 4.74. The molecule has 0 saturated carbocycles. The Labute approximate surface area is 217 Å². The molecule has 0 bridgehead atoms. The number of carbonyl (C=O) groups is 1. The summed E-state index contributed by atoms with van der Waals surface area (Å²) in [5, 5.41) is 2.24. The molecular weight excluding hydrogens is 517 g/mol. The van der Waals surface area contributed by atoms with Crippen LogP contribution in [0.5, 0.6) is 0 Å². The van der Waals surface area contributed by atoms with Crippen LogP contribution in [0.2, 0.25) is 0 Å². The van der Waals surface area contributed by atoms with Gasteiger partial charge in [-0.2, -0.15) is 0 Å². The van der Waals surface area contributed by atoms with Crippen LogP contribution in [0.25, 0.3) is 0 Å². The van der Waals surface area contributed by atoms with Crippen molar-refractivity contribution in [2.75, 3.05) is 0 Å². The van der Waals surface area contributed by atoms with Crippen LogP contribution in [0.4, 0.5) is 9.18 Å². The van der Waals surface area contributed by atoms with E-state index in [0.29, 0.717) is 5.56 Å². The lowest BCUT2D eigenvalue weighted by Crippen LogP contribution is -2.59. The van der Waals surface area contributed by atoms with Gasteiger partial charge in [-0.15, -0.1) is 0 Å². The molecule has 0 fully saturated rings. The number of halogens is 1. The summed E-state index contributed by atoms with van der Waals surface area (Å²) in [4.78, 5) is 11.7. The van der Waals surface area contributed by atoms with Crippen molar-refractivity contribution in [1.29, 1.82) is 0 Å². The fourth-order valence-corrected chi connectivity index (χ4v) is 8.29. The molecule has 3 aromatic rings. The SMILES string of the molecule is CC(C)(C)OC(=O)N[C@@H](CCc1ccccc1)C(F)(S(=O)(=O)c1ccccc1)S(=O)(=O)c1ccccc1. The van der Waals surface area contributed by atoms with Crippen molar-refractivity contribution in [3.8, 4) is 0 Å². The van der Waals surface area contributed by atoms with E-state index in [1.165, 1.54) is 36.4 Å². The van der Waals surface area contributed by atoms with Gasteiger partial charge < -0.3 is 10.1 Å². The smallest absolute Gasteiger partial charge is 0.408 e. The van der Waals surface area contributed by atoms with E-state index in [9.17, 15) is 21.6 Å². The Hall–Kier alpha value is -3.24. The first-order chi connectivity index (χ1) is 17.3. The molecule has 0 aliphatic heterocycles. The van der Waals surface area contributed by atoms with Crippen molar-refractivity contribution >= 4 is 25.8 Å². The predicted octanol–water partition coefficient (Wildman–Crippen LogP) is 5.08. The van der Waals surface area contributed by atoms with Gasteiger partial charge in [-0.05, 0) is 63.4 Å². The summed E-state index contributed by atoms with van der Waals surface area (Å²) in [6, 6.07) is 19.7. The van der Waals surface area contributed by atoms with Crippen molar-refractivity contribution in [1.82, 2.24) is 5.32 Å². The van der Waals surface area contributed by atoms with Crippen LogP contribution >= 0.6 is 0 Å². The summed E-state index contributed by atoms with van der Waals surface area (Å²) in [6.07, 6.45) is -1.40. The molecule has 0 spiro atoms. The van der Waals surface area contributed by atoms with E-state index in [2.05, 4.69) is 5.32 Å². The molecule has 0 aliphatic rings. The molecule has 0 saturated heterocycles. The maximum Gasteiger partial charge on any atom is 0.408 e. The number of carbonyl (C=O) groups excluding carboxylic acids is 1. The third-order valence-electron chi connectivity index (χ3n) is 5.51. The van der Waals surface area contributed by atoms with E-state index < -0.39 is 51.5 Å². The topological polar surface area (TPSA) is 107 Å². The van der Waals surface area contributed by atoms with Crippen molar-refractivity contribution in [3.05, 3.63) is 96.6 Å². The average Bonchev–Trinajstić information content (AvgIpc) is 2.86. The molecule has 7 nitrogen and oxygen atoms in total. The van der Waals surface area contributed by atoms with Crippen molar-refractivity contribution in [2.45, 2.75) is 59.4 Å². The van der Waals surface area contributed by atoms with E-state index in [-0.39, 0.29) is 12.8 Å². The highest BCUT2D eigenvalue weighted by atomic mass is 32.3. The van der Waals surface area contributed by atoms with Gasteiger partial charge in [0.25, 0.3) is 0 Å². The second-order valence-corrected chi connectivity index (χ2v) is 13.8. The first kappa shape index (κ1) is 28.3. The van der Waals surface area contributed by atoms with Crippen molar-refractivity contribution in [3.63, 3.8) is 0 Å². The molecular formula is C27H30FNO6S2. The lowest BCUT2D eigenvalue weighted by Gasteiger charge is -2.34. The van der Waals surface area contributed by atoms with Gasteiger partial charge >= 0.3 is 10.4 Å². The first-order valence-electron chi connectivity index (χ1n) is 11.6. The number of nitrogens with one attached hydrogen (secondary N) is 1. The maximum absolute atomic E-state index is 17.4. The van der Waals surface area contributed by atoms with Gasteiger partial charge in [-0.25, -0.2) is 26.0 Å². The zero-order valence-corrected chi connectivity index (χ0v) is 22.4. The highest BCUT2D eigenvalue weighted by molar-refractivity contribution is 8.10. The molecule has 37 heavy (non-hydrogen) atoms. The summed E-state index contributed by atoms with van der Waals surface area (Å²) in [5.41, 5.74) is -0.293. The number of rotatable bonds is 9. The molecule has 10 heteroatoms. The van der Waals surface area contributed by atoms with Crippen LogP contribution in [0.15, 0.2) is 101 Å². The molecule has 1 N–H and O–H groups in total. The molecule has 3 rings (SSSR count). The maximum atomic E-state index is 17.4. The minimum atomic E-state index is -5.22. The van der Waals surface area contributed by atoms with E-state index in [0.717, 1.165) is 24.3 Å². The Morgan fingerprint density at radius 3 is 1.59 bits per heavy atom.